The third-order valence-corrected chi connectivity index (χ3v) is 5.76. The van der Waals surface area contributed by atoms with E-state index in [1.165, 1.54) is 58.3 Å². The van der Waals surface area contributed by atoms with Crippen LogP contribution in [-0.2, 0) is 0 Å². The van der Waals surface area contributed by atoms with Crippen LogP contribution in [0, 0.1) is 23.2 Å². The summed E-state index contributed by atoms with van der Waals surface area (Å²) in [4.78, 5) is 5.33. The van der Waals surface area contributed by atoms with E-state index < -0.39 is 0 Å². The molecule has 3 aliphatic rings. The first-order chi connectivity index (χ1) is 9.31. The number of fused-ring (bicyclic) bond motifs is 1. The number of hydrogen-bond donors (Lipinski definition) is 0. The monoisotopic (exact) mass is 261 g/mol. The van der Waals surface area contributed by atoms with E-state index in [0.29, 0.717) is 6.04 Å². The maximum atomic E-state index is 9.45. The van der Waals surface area contributed by atoms with Crippen molar-refractivity contribution in [2.24, 2.45) is 11.8 Å². The van der Waals surface area contributed by atoms with Crippen LogP contribution in [0.1, 0.15) is 45.4 Å². The number of hydrogen-bond acceptors (Lipinski definition) is 3. The van der Waals surface area contributed by atoms with Crippen LogP contribution in [0.5, 0.6) is 0 Å². The summed E-state index contributed by atoms with van der Waals surface area (Å²) >= 11 is 0. The van der Waals surface area contributed by atoms with Gasteiger partial charge in [-0.2, -0.15) is 5.26 Å². The average molecular weight is 261 g/mol. The van der Waals surface area contributed by atoms with Gasteiger partial charge in [0.15, 0.2) is 0 Å². The molecule has 19 heavy (non-hydrogen) atoms. The minimum absolute atomic E-state index is 0.288. The molecular formula is C16H27N3. The Morgan fingerprint density at radius 1 is 1.11 bits per heavy atom. The second-order valence-electron chi connectivity index (χ2n) is 6.72. The summed E-state index contributed by atoms with van der Waals surface area (Å²) < 4.78 is 0. The summed E-state index contributed by atoms with van der Waals surface area (Å²) in [6.07, 6.45) is 7.71. The summed E-state index contributed by atoms with van der Waals surface area (Å²) in [6, 6.07) is 3.94. The zero-order valence-electron chi connectivity index (χ0n) is 12.2. The molecule has 0 aromatic carbocycles. The predicted molar refractivity (Wildman–Crippen MR) is 76.7 cm³/mol. The van der Waals surface area contributed by atoms with Crippen molar-refractivity contribution in [2.75, 3.05) is 26.2 Å². The van der Waals surface area contributed by atoms with Crippen molar-refractivity contribution < 1.29 is 0 Å². The van der Waals surface area contributed by atoms with Gasteiger partial charge in [-0.1, -0.05) is 13.3 Å². The predicted octanol–water partition coefficient (Wildman–Crippen LogP) is 2.48. The number of piperazine rings is 1. The Morgan fingerprint density at radius 2 is 1.95 bits per heavy atom. The molecule has 4 atom stereocenters. The molecule has 106 valence electrons. The molecule has 1 saturated carbocycles. The van der Waals surface area contributed by atoms with Crippen molar-refractivity contribution in [3.05, 3.63) is 0 Å². The SMILES string of the molecule is CCC1CCC(C#N)C(N2CCN3CCCC3C2)C1. The topological polar surface area (TPSA) is 30.3 Å². The van der Waals surface area contributed by atoms with E-state index in [-0.39, 0.29) is 5.92 Å². The largest absolute Gasteiger partial charge is 0.298 e. The van der Waals surface area contributed by atoms with Crippen LogP contribution in [0.4, 0.5) is 0 Å². The van der Waals surface area contributed by atoms with Crippen LogP contribution in [0.2, 0.25) is 0 Å². The smallest absolute Gasteiger partial charge is 0.0672 e. The zero-order chi connectivity index (χ0) is 13.2. The lowest BCUT2D eigenvalue weighted by molar-refractivity contribution is 0.0316. The van der Waals surface area contributed by atoms with E-state index >= 15 is 0 Å². The highest BCUT2D eigenvalue weighted by Crippen LogP contribution is 2.35. The Labute approximate surface area is 117 Å². The molecule has 0 aromatic heterocycles. The highest BCUT2D eigenvalue weighted by Gasteiger charge is 2.38. The third kappa shape index (κ3) is 2.66. The molecule has 2 saturated heterocycles. The van der Waals surface area contributed by atoms with Crippen molar-refractivity contribution in [3.8, 4) is 6.07 Å². The van der Waals surface area contributed by atoms with Crippen LogP contribution in [0.15, 0.2) is 0 Å². The minimum atomic E-state index is 0.288. The normalized spacial score (nSPS) is 40.8. The van der Waals surface area contributed by atoms with Gasteiger partial charge in [0.1, 0.15) is 0 Å². The lowest BCUT2D eigenvalue weighted by Crippen LogP contribution is -2.56. The molecular weight excluding hydrogens is 234 g/mol. The molecule has 0 spiro atoms. The molecule has 3 heteroatoms. The Morgan fingerprint density at radius 3 is 2.74 bits per heavy atom. The average Bonchev–Trinajstić information content (AvgIpc) is 2.93. The van der Waals surface area contributed by atoms with Crippen LogP contribution >= 0.6 is 0 Å². The van der Waals surface area contributed by atoms with Gasteiger partial charge in [0, 0.05) is 31.7 Å². The second kappa shape index (κ2) is 5.81. The minimum Gasteiger partial charge on any atom is -0.298 e. The highest BCUT2D eigenvalue weighted by atomic mass is 15.3. The molecule has 0 radical (unpaired) electrons. The molecule has 2 heterocycles. The van der Waals surface area contributed by atoms with Crippen molar-refractivity contribution in [1.82, 2.24) is 9.80 Å². The van der Waals surface area contributed by atoms with Gasteiger partial charge in [-0.25, -0.2) is 0 Å². The Hall–Kier alpha value is -0.590. The number of nitriles is 1. The summed E-state index contributed by atoms with van der Waals surface area (Å²) in [5.74, 6) is 1.15. The lowest BCUT2D eigenvalue weighted by atomic mass is 9.77. The molecule has 0 amide bonds. The van der Waals surface area contributed by atoms with E-state index in [9.17, 15) is 5.26 Å². The van der Waals surface area contributed by atoms with Crippen LogP contribution in [0.3, 0.4) is 0 Å². The van der Waals surface area contributed by atoms with E-state index in [1.807, 2.05) is 0 Å². The standard InChI is InChI=1S/C16H27N3/c1-2-13-5-6-14(11-17)16(10-13)19-9-8-18-7-3-4-15(18)12-19/h13-16H,2-10,12H2,1H3. The molecule has 1 aliphatic carbocycles. The first kappa shape index (κ1) is 13.4. The van der Waals surface area contributed by atoms with E-state index in [1.54, 1.807) is 0 Å². The zero-order valence-corrected chi connectivity index (χ0v) is 12.2. The Bertz CT molecular complexity index is 348. The quantitative estimate of drug-likeness (QED) is 0.765. The van der Waals surface area contributed by atoms with Crippen LogP contribution in [0.25, 0.3) is 0 Å². The molecule has 2 aliphatic heterocycles. The number of nitrogens with zero attached hydrogens (tertiary/aromatic N) is 3. The second-order valence-corrected chi connectivity index (χ2v) is 6.72. The van der Waals surface area contributed by atoms with E-state index in [0.717, 1.165) is 18.4 Å². The fourth-order valence-corrected chi connectivity index (χ4v) is 4.47. The van der Waals surface area contributed by atoms with Gasteiger partial charge in [0.05, 0.1) is 12.0 Å². The first-order valence-electron chi connectivity index (χ1n) is 8.19. The van der Waals surface area contributed by atoms with Crippen molar-refractivity contribution in [2.45, 2.75) is 57.5 Å². The molecule has 4 unspecified atom stereocenters. The van der Waals surface area contributed by atoms with Gasteiger partial charge in [-0.15, -0.1) is 0 Å². The summed E-state index contributed by atoms with van der Waals surface area (Å²) in [5, 5.41) is 9.45. The molecule has 3 fully saturated rings. The van der Waals surface area contributed by atoms with Crippen LogP contribution in [-0.4, -0.2) is 48.1 Å². The van der Waals surface area contributed by atoms with Gasteiger partial charge in [0.2, 0.25) is 0 Å². The van der Waals surface area contributed by atoms with Gasteiger partial charge in [0.25, 0.3) is 0 Å². The maximum absolute atomic E-state index is 9.45. The lowest BCUT2D eigenvalue weighted by Gasteiger charge is -2.45. The van der Waals surface area contributed by atoms with Crippen LogP contribution < -0.4 is 0 Å². The summed E-state index contributed by atoms with van der Waals surface area (Å²) in [7, 11) is 0. The highest BCUT2D eigenvalue weighted by molar-refractivity contribution is 5.00. The van der Waals surface area contributed by atoms with Gasteiger partial charge in [-0.05, 0) is 44.6 Å². The molecule has 3 nitrogen and oxygen atoms in total. The van der Waals surface area contributed by atoms with Crippen molar-refractivity contribution >= 4 is 0 Å². The fourth-order valence-electron chi connectivity index (χ4n) is 4.47. The molecule has 0 N–H and O–H groups in total. The van der Waals surface area contributed by atoms with Gasteiger partial charge < -0.3 is 0 Å². The Kier molecular flexibility index (Phi) is 4.10. The van der Waals surface area contributed by atoms with Crippen molar-refractivity contribution in [3.63, 3.8) is 0 Å². The summed E-state index contributed by atoms with van der Waals surface area (Å²) in [5.41, 5.74) is 0. The van der Waals surface area contributed by atoms with Gasteiger partial charge >= 0.3 is 0 Å². The maximum Gasteiger partial charge on any atom is 0.0672 e. The Balaban J connectivity index is 1.66. The molecule has 0 aromatic rings. The van der Waals surface area contributed by atoms with E-state index in [4.69, 9.17) is 0 Å². The van der Waals surface area contributed by atoms with E-state index in [2.05, 4.69) is 22.8 Å². The van der Waals surface area contributed by atoms with Gasteiger partial charge in [-0.3, -0.25) is 9.80 Å². The fraction of sp³-hybridized carbons (Fsp3) is 0.938. The third-order valence-electron chi connectivity index (χ3n) is 5.76. The summed E-state index contributed by atoms with van der Waals surface area (Å²) in [6.45, 7) is 7.26. The number of rotatable bonds is 2. The first-order valence-corrected chi connectivity index (χ1v) is 8.19. The molecule has 0 bridgehead atoms. The molecule has 3 rings (SSSR count). The van der Waals surface area contributed by atoms with Crippen molar-refractivity contribution in [1.29, 1.82) is 5.26 Å².